The summed E-state index contributed by atoms with van der Waals surface area (Å²) in [6.07, 6.45) is 4.31. The van der Waals surface area contributed by atoms with Crippen LogP contribution < -0.4 is 10.1 Å². The van der Waals surface area contributed by atoms with Gasteiger partial charge in [-0.1, -0.05) is 32.9 Å². The monoisotopic (exact) mass is 319 g/mol. The molecule has 5 nitrogen and oxygen atoms in total. The number of ether oxygens (including phenoxy) is 1. The van der Waals surface area contributed by atoms with Gasteiger partial charge in [0.2, 0.25) is 5.91 Å². The van der Waals surface area contributed by atoms with Crippen LogP contribution in [0.5, 0.6) is 5.75 Å². The average molecular weight is 319 g/mol. The smallest absolute Gasteiger partial charge is 0.326 e. The molecule has 1 aromatic rings. The van der Waals surface area contributed by atoms with Gasteiger partial charge in [-0.25, -0.2) is 4.79 Å². The van der Waals surface area contributed by atoms with Crippen LogP contribution in [0.3, 0.4) is 0 Å². The van der Waals surface area contributed by atoms with Crippen LogP contribution in [0.2, 0.25) is 0 Å². The first-order valence-electron chi connectivity index (χ1n) is 7.86. The highest BCUT2D eigenvalue weighted by molar-refractivity contribution is 5.94. The van der Waals surface area contributed by atoms with Gasteiger partial charge in [0, 0.05) is 6.08 Å². The standard InChI is InChI=1S/C18H25NO4/c1-4-10-23-15-7-5-6-14(12-15)8-9-17(20)19-16(18(21)22)11-13(2)3/h5-9,12-13,16H,4,10-11H2,1-3H3,(H,19,20)(H,21,22)/b9-8+. The lowest BCUT2D eigenvalue weighted by molar-refractivity contribution is -0.141. The number of carboxylic acid groups (broad SMARTS) is 1. The van der Waals surface area contributed by atoms with Crippen LogP contribution in [-0.2, 0) is 9.59 Å². The SMILES string of the molecule is CCCOc1cccc(/C=C/C(=O)NC(CC(C)C)C(=O)O)c1. The van der Waals surface area contributed by atoms with Gasteiger partial charge in [0.25, 0.3) is 0 Å². The third-order valence-electron chi connectivity index (χ3n) is 3.08. The van der Waals surface area contributed by atoms with E-state index in [9.17, 15) is 9.59 Å². The summed E-state index contributed by atoms with van der Waals surface area (Å²) in [7, 11) is 0. The van der Waals surface area contributed by atoms with Crippen LogP contribution >= 0.6 is 0 Å². The summed E-state index contributed by atoms with van der Waals surface area (Å²) >= 11 is 0. The summed E-state index contributed by atoms with van der Waals surface area (Å²) in [6.45, 7) is 6.51. The summed E-state index contributed by atoms with van der Waals surface area (Å²) in [5, 5.41) is 11.6. The average Bonchev–Trinajstić information content (AvgIpc) is 2.50. The predicted octanol–water partition coefficient (Wildman–Crippen LogP) is 3.10. The molecule has 0 saturated heterocycles. The molecule has 1 rings (SSSR count). The Balaban J connectivity index is 2.65. The van der Waals surface area contributed by atoms with E-state index in [1.54, 1.807) is 6.08 Å². The van der Waals surface area contributed by atoms with Crippen LogP contribution in [-0.4, -0.2) is 29.6 Å². The number of carbonyl (C=O) groups excluding carboxylic acids is 1. The van der Waals surface area contributed by atoms with E-state index in [0.717, 1.165) is 17.7 Å². The van der Waals surface area contributed by atoms with Crippen molar-refractivity contribution in [2.75, 3.05) is 6.61 Å². The molecule has 0 aliphatic carbocycles. The van der Waals surface area contributed by atoms with E-state index in [1.807, 2.05) is 45.0 Å². The molecule has 126 valence electrons. The van der Waals surface area contributed by atoms with Crippen molar-refractivity contribution in [1.29, 1.82) is 0 Å². The second-order valence-electron chi connectivity index (χ2n) is 5.78. The van der Waals surface area contributed by atoms with Crippen molar-refractivity contribution < 1.29 is 19.4 Å². The number of amides is 1. The Hall–Kier alpha value is -2.30. The third kappa shape index (κ3) is 7.49. The normalized spacial score (nSPS) is 12.3. The molecule has 5 heteroatoms. The highest BCUT2D eigenvalue weighted by atomic mass is 16.5. The largest absolute Gasteiger partial charge is 0.494 e. The maximum atomic E-state index is 11.9. The quantitative estimate of drug-likeness (QED) is 0.686. The molecule has 1 amide bonds. The van der Waals surface area contributed by atoms with Crippen molar-refractivity contribution in [3.05, 3.63) is 35.9 Å². The van der Waals surface area contributed by atoms with Gasteiger partial charge >= 0.3 is 5.97 Å². The van der Waals surface area contributed by atoms with Crippen molar-refractivity contribution in [3.8, 4) is 5.75 Å². The van der Waals surface area contributed by atoms with E-state index < -0.39 is 17.9 Å². The first kappa shape index (κ1) is 18.7. The molecule has 0 aromatic heterocycles. The molecule has 0 heterocycles. The number of carbonyl (C=O) groups is 2. The third-order valence-corrected chi connectivity index (χ3v) is 3.08. The number of hydrogen-bond acceptors (Lipinski definition) is 3. The van der Waals surface area contributed by atoms with Crippen LogP contribution in [0, 0.1) is 5.92 Å². The molecule has 2 N–H and O–H groups in total. The van der Waals surface area contributed by atoms with Gasteiger partial charge in [0.1, 0.15) is 11.8 Å². The Morgan fingerprint density at radius 1 is 1.35 bits per heavy atom. The van der Waals surface area contributed by atoms with Crippen LogP contribution in [0.25, 0.3) is 6.08 Å². The molecule has 0 aliphatic heterocycles. The molecule has 0 bridgehead atoms. The van der Waals surface area contributed by atoms with Gasteiger partial charge in [-0.3, -0.25) is 4.79 Å². The predicted molar refractivity (Wildman–Crippen MR) is 90.3 cm³/mol. The van der Waals surface area contributed by atoms with Crippen LogP contribution in [0.1, 0.15) is 39.2 Å². The van der Waals surface area contributed by atoms with Crippen molar-refractivity contribution in [2.45, 2.75) is 39.7 Å². The molecule has 0 aliphatic rings. The molecular formula is C18H25NO4. The summed E-state index contributed by atoms with van der Waals surface area (Å²) < 4.78 is 5.53. The highest BCUT2D eigenvalue weighted by Gasteiger charge is 2.19. The fraction of sp³-hybridized carbons (Fsp3) is 0.444. The minimum absolute atomic E-state index is 0.188. The van der Waals surface area contributed by atoms with Gasteiger partial charge < -0.3 is 15.2 Å². The summed E-state index contributed by atoms with van der Waals surface area (Å²) in [5.41, 5.74) is 0.824. The van der Waals surface area contributed by atoms with E-state index in [4.69, 9.17) is 9.84 Å². The first-order valence-corrected chi connectivity index (χ1v) is 7.86. The van der Waals surface area contributed by atoms with E-state index in [2.05, 4.69) is 5.32 Å². The number of hydrogen-bond donors (Lipinski definition) is 2. The second-order valence-corrected chi connectivity index (χ2v) is 5.78. The molecule has 1 atom stereocenters. The zero-order valence-electron chi connectivity index (χ0n) is 13.9. The highest BCUT2D eigenvalue weighted by Crippen LogP contribution is 2.14. The van der Waals surface area contributed by atoms with Gasteiger partial charge in [-0.2, -0.15) is 0 Å². The lowest BCUT2D eigenvalue weighted by atomic mass is 10.0. The van der Waals surface area contributed by atoms with Crippen LogP contribution in [0.15, 0.2) is 30.3 Å². The summed E-state index contributed by atoms with van der Waals surface area (Å²) in [6, 6.07) is 6.52. The maximum absolute atomic E-state index is 11.9. The van der Waals surface area contributed by atoms with Crippen molar-refractivity contribution in [1.82, 2.24) is 5.32 Å². The lowest BCUT2D eigenvalue weighted by Gasteiger charge is -2.15. The van der Waals surface area contributed by atoms with E-state index in [0.29, 0.717) is 13.0 Å². The minimum Gasteiger partial charge on any atom is -0.494 e. The van der Waals surface area contributed by atoms with E-state index >= 15 is 0 Å². The Bertz CT molecular complexity index is 552. The Labute approximate surface area is 137 Å². The topological polar surface area (TPSA) is 75.6 Å². The van der Waals surface area contributed by atoms with Crippen LogP contribution in [0.4, 0.5) is 0 Å². The first-order chi connectivity index (χ1) is 10.9. The maximum Gasteiger partial charge on any atom is 0.326 e. The number of aliphatic carboxylic acids is 1. The zero-order valence-corrected chi connectivity index (χ0v) is 13.9. The van der Waals surface area contributed by atoms with Crippen molar-refractivity contribution >= 4 is 18.0 Å². The Morgan fingerprint density at radius 2 is 2.09 bits per heavy atom. The number of rotatable bonds is 9. The van der Waals surface area contributed by atoms with E-state index in [1.165, 1.54) is 6.08 Å². The Kier molecular flexibility index (Phi) is 7.88. The molecule has 0 spiro atoms. The second kappa shape index (κ2) is 9.66. The van der Waals surface area contributed by atoms with Gasteiger partial charge in [0.05, 0.1) is 6.61 Å². The molecule has 1 unspecified atom stereocenters. The van der Waals surface area contributed by atoms with Gasteiger partial charge in [-0.05, 0) is 42.5 Å². The zero-order chi connectivity index (χ0) is 17.2. The van der Waals surface area contributed by atoms with Gasteiger partial charge in [-0.15, -0.1) is 0 Å². The summed E-state index contributed by atoms with van der Waals surface area (Å²) in [4.78, 5) is 23.0. The number of carboxylic acids is 1. The minimum atomic E-state index is -1.02. The summed E-state index contributed by atoms with van der Waals surface area (Å²) in [5.74, 6) is -0.501. The molecule has 23 heavy (non-hydrogen) atoms. The fourth-order valence-corrected chi connectivity index (χ4v) is 2.01. The van der Waals surface area contributed by atoms with Crippen molar-refractivity contribution in [3.63, 3.8) is 0 Å². The van der Waals surface area contributed by atoms with E-state index in [-0.39, 0.29) is 5.92 Å². The molecular weight excluding hydrogens is 294 g/mol. The number of nitrogens with one attached hydrogen (secondary N) is 1. The number of benzene rings is 1. The molecule has 0 fully saturated rings. The van der Waals surface area contributed by atoms with Crippen molar-refractivity contribution in [2.24, 2.45) is 5.92 Å². The van der Waals surface area contributed by atoms with Gasteiger partial charge in [0.15, 0.2) is 0 Å². The molecule has 0 radical (unpaired) electrons. The molecule has 1 aromatic carbocycles. The molecule has 0 saturated carbocycles. The fourth-order valence-electron chi connectivity index (χ4n) is 2.01. The lowest BCUT2D eigenvalue weighted by Crippen LogP contribution is -2.40. The Morgan fingerprint density at radius 3 is 2.70 bits per heavy atom.